The highest BCUT2D eigenvalue weighted by atomic mass is 16.5. The Labute approximate surface area is 82.6 Å². The number of hydrogen-bond acceptors (Lipinski definition) is 2. The first-order chi connectivity index (χ1) is 6.79. The van der Waals surface area contributed by atoms with Gasteiger partial charge in [-0.1, -0.05) is 18.7 Å². The maximum absolute atomic E-state index is 11.3. The van der Waals surface area contributed by atoms with Crippen molar-refractivity contribution >= 4 is 5.78 Å². The standard InChI is InChI=1S/C11H11O3/c1-2-10(13)9-5-3-4-6-11(9)14-8-7-12/h2-6H,1,7-8H2. The quantitative estimate of drug-likeness (QED) is 0.526. The summed E-state index contributed by atoms with van der Waals surface area (Å²) in [6.07, 6.45) is 1.22. The highest BCUT2D eigenvalue weighted by Gasteiger charge is 2.07. The molecular formula is C11H11O3. The fourth-order valence-electron chi connectivity index (χ4n) is 1.06. The molecule has 0 unspecified atom stereocenters. The summed E-state index contributed by atoms with van der Waals surface area (Å²) in [6.45, 7) is 3.14. The Balaban J connectivity index is 2.90. The third-order valence-electron chi connectivity index (χ3n) is 1.68. The molecule has 14 heavy (non-hydrogen) atoms. The minimum absolute atomic E-state index is 0.0709. The zero-order valence-electron chi connectivity index (χ0n) is 7.73. The van der Waals surface area contributed by atoms with Crippen LogP contribution in [0.3, 0.4) is 0 Å². The van der Waals surface area contributed by atoms with Gasteiger partial charge in [-0.3, -0.25) is 4.79 Å². The van der Waals surface area contributed by atoms with Gasteiger partial charge < -0.3 is 4.74 Å². The topological polar surface area (TPSA) is 46.2 Å². The molecule has 0 saturated carbocycles. The minimum atomic E-state index is -0.323. The molecule has 0 amide bonds. The van der Waals surface area contributed by atoms with Crippen molar-refractivity contribution in [3.05, 3.63) is 42.5 Å². The number of benzene rings is 1. The molecule has 0 aliphatic heterocycles. The van der Waals surface area contributed by atoms with Crippen LogP contribution in [-0.4, -0.2) is 19.0 Å². The molecule has 1 rings (SSSR count). The van der Waals surface area contributed by atoms with Crippen molar-refractivity contribution < 1.29 is 14.6 Å². The summed E-state index contributed by atoms with van der Waals surface area (Å²) in [5.41, 5.74) is 0.441. The van der Waals surface area contributed by atoms with Gasteiger partial charge in [-0.2, -0.15) is 0 Å². The summed E-state index contributed by atoms with van der Waals surface area (Å²) in [5, 5.41) is 10.2. The number of hydrogen-bond donors (Lipinski definition) is 0. The van der Waals surface area contributed by atoms with E-state index in [1.807, 2.05) is 0 Å². The van der Waals surface area contributed by atoms with Crippen LogP contribution in [0.15, 0.2) is 36.9 Å². The van der Waals surface area contributed by atoms with Crippen LogP contribution in [0.4, 0.5) is 0 Å². The van der Waals surface area contributed by atoms with Crippen molar-refractivity contribution in [2.45, 2.75) is 0 Å². The summed E-state index contributed by atoms with van der Waals surface area (Å²) in [4.78, 5) is 11.3. The third kappa shape index (κ3) is 2.44. The summed E-state index contributed by atoms with van der Waals surface area (Å²) >= 11 is 0. The molecule has 0 aliphatic carbocycles. The van der Waals surface area contributed by atoms with Crippen molar-refractivity contribution in [3.63, 3.8) is 0 Å². The first-order valence-electron chi connectivity index (χ1n) is 4.26. The van der Waals surface area contributed by atoms with Gasteiger partial charge in [0.15, 0.2) is 5.78 Å². The Kier molecular flexibility index (Phi) is 3.88. The van der Waals surface area contributed by atoms with E-state index in [4.69, 9.17) is 4.74 Å². The molecule has 0 spiro atoms. The predicted octanol–water partition coefficient (Wildman–Crippen LogP) is 1.86. The Hall–Kier alpha value is -1.61. The van der Waals surface area contributed by atoms with Gasteiger partial charge in [-0.15, -0.1) is 0 Å². The lowest BCUT2D eigenvalue weighted by molar-refractivity contribution is 0.103. The smallest absolute Gasteiger partial charge is 0.188 e. The number of para-hydroxylation sites is 1. The fourth-order valence-corrected chi connectivity index (χ4v) is 1.06. The zero-order valence-corrected chi connectivity index (χ0v) is 7.73. The Morgan fingerprint density at radius 2 is 2.14 bits per heavy atom. The first kappa shape index (κ1) is 10.5. The van der Waals surface area contributed by atoms with Crippen LogP contribution in [0.2, 0.25) is 0 Å². The Bertz CT molecular complexity index is 331. The minimum Gasteiger partial charge on any atom is -0.490 e. The summed E-state index contributed by atoms with van der Waals surface area (Å²) in [7, 11) is 0. The summed E-state index contributed by atoms with van der Waals surface area (Å²) in [6, 6.07) is 6.79. The lowest BCUT2D eigenvalue weighted by Crippen LogP contribution is -2.05. The van der Waals surface area contributed by atoms with Crippen molar-refractivity contribution in [1.29, 1.82) is 0 Å². The van der Waals surface area contributed by atoms with Crippen LogP contribution in [0.25, 0.3) is 0 Å². The number of rotatable bonds is 5. The number of carbonyl (C=O) groups is 1. The third-order valence-corrected chi connectivity index (χ3v) is 1.68. The van der Waals surface area contributed by atoms with E-state index in [2.05, 4.69) is 6.58 Å². The molecule has 0 fully saturated rings. The van der Waals surface area contributed by atoms with E-state index in [9.17, 15) is 9.90 Å². The van der Waals surface area contributed by atoms with Crippen molar-refractivity contribution in [1.82, 2.24) is 0 Å². The van der Waals surface area contributed by atoms with Crippen molar-refractivity contribution in [3.8, 4) is 5.75 Å². The van der Waals surface area contributed by atoms with Gasteiger partial charge in [0.1, 0.15) is 19.0 Å². The van der Waals surface area contributed by atoms with E-state index >= 15 is 0 Å². The maximum atomic E-state index is 11.3. The summed E-state index contributed by atoms with van der Waals surface area (Å²) < 4.78 is 5.13. The molecule has 0 heterocycles. The number of carbonyl (C=O) groups excluding carboxylic acids is 1. The predicted molar refractivity (Wildman–Crippen MR) is 52.0 cm³/mol. The maximum Gasteiger partial charge on any atom is 0.188 e. The van der Waals surface area contributed by atoms with E-state index in [0.29, 0.717) is 11.3 Å². The summed E-state index contributed by atoms with van der Waals surface area (Å²) in [5.74, 6) is 0.236. The molecular weight excluding hydrogens is 180 g/mol. The second-order valence-corrected chi connectivity index (χ2v) is 2.62. The van der Waals surface area contributed by atoms with E-state index in [1.54, 1.807) is 24.3 Å². The average Bonchev–Trinajstić information content (AvgIpc) is 2.25. The van der Waals surface area contributed by atoms with Gasteiger partial charge in [-0.25, -0.2) is 5.11 Å². The molecule has 1 radical (unpaired) electrons. The van der Waals surface area contributed by atoms with Gasteiger partial charge in [0, 0.05) is 0 Å². The van der Waals surface area contributed by atoms with Crippen LogP contribution in [-0.2, 0) is 5.11 Å². The van der Waals surface area contributed by atoms with E-state index < -0.39 is 0 Å². The number of allylic oxidation sites excluding steroid dienone is 1. The molecule has 3 heteroatoms. The van der Waals surface area contributed by atoms with Gasteiger partial charge in [0.25, 0.3) is 0 Å². The highest BCUT2D eigenvalue weighted by Crippen LogP contribution is 2.18. The van der Waals surface area contributed by atoms with Crippen molar-refractivity contribution in [2.75, 3.05) is 13.2 Å². The van der Waals surface area contributed by atoms with Crippen LogP contribution < -0.4 is 4.74 Å². The normalized spacial score (nSPS) is 9.50. The molecule has 0 aromatic heterocycles. The number of ether oxygens (including phenoxy) is 1. The van der Waals surface area contributed by atoms with Gasteiger partial charge in [0.05, 0.1) is 5.56 Å². The first-order valence-corrected chi connectivity index (χ1v) is 4.26. The molecule has 1 aromatic rings. The monoisotopic (exact) mass is 191 g/mol. The fraction of sp³-hybridized carbons (Fsp3) is 0.182. The average molecular weight is 191 g/mol. The molecule has 0 atom stereocenters. The second kappa shape index (κ2) is 5.19. The Morgan fingerprint density at radius 3 is 2.79 bits per heavy atom. The molecule has 0 saturated heterocycles. The van der Waals surface area contributed by atoms with Crippen molar-refractivity contribution in [2.24, 2.45) is 0 Å². The Morgan fingerprint density at radius 1 is 1.43 bits per heavy atom. The molecule has 73 valence electrons. The highest BCUT2D eigenvalue weighted by molar-refractivity contribution is 6.06. The largest absolute Gasteiger partial charge is 0.490 e. The van der Waals surface area contributed by atoms with Crippen LogP contribution in [0.5, 0.6) is 5.75 Å². The molecule has 0 N–H and O–H groups in total. The van der Waals surface area contributed by atoms with Crippen LogP contribution in [0, 0.1) is 0 Å². The van der Waals surface area contributed by atoms with Gasteiger partial charge in [-0.05, 0) is 18.2 Å². The van der Waals surface area contributed by atoms with Crippen LogP contribution >= 0.6 is 0 Å². The molecule has 1 aromatic carbocycles. The van der Waals surface area contributed by atoms with E-state index in [0.717, 1.165) is 0 Å². The SMILES string of the molecule is C=CC(=O)c1ccccc1OCC[O]. The molecule has 3 nitrogen and oxygen atoms in total. The van der Waals surface area contributed by atoms with Gasteiger partial charge in [0.2, 0.25) is 0 Å². The lowest BCUT2D eigenvalue weighted by Gasteiger charge is -2.07. The lowest BCUT2D eigenvalue weighted by atomic mass is 10.1. The molecule has 0 aliphatic rings. The molecule has 0 bridgehead atoms. The van der Waals surface area contributed by atoms with E-state index in [-0.39, 0.29) is 19.0 Å². The number of ketones is 1. The zero-order chi connectivity index (χ0) is 10.4. The van der Waals surface area contributed by atoms with E-state index in [1.165, 1.54) is 6.08 Å². The second-order valence-electron chi connectivity index (χ2n) is 2.62. The van der Waals surface area contributed by atoms with Gasteiger partial charge >= 0.3 is 0 Å². The van der Waals surface area contributed by atoms with Crippen LogP contribution in [0.1, 0.15) is 10.4 Å².